The molecule has 2 rings (SSSR count). The van der Waals surface area contributed by atoms with Crippen molar-refractivity contribution in [2.45, 2.75) is 18.8 Å². The maximum Gasteiger partial charge on any atom is 0.0406 e. The predicted molar refractivity (Wildman–Crippen MR) is 89.5 cm³/mol. The lowest BCUT2D eigenvalue weighted by atomic mass is 9.78. The Labute approximate surface area is 135 Å². The van der Waals surface area contributed by atoms with Crippen LogP contribution in [0.4, 0.5) is 0 Å². The number of rotatable bonds is 5. The molecule has 0 spiro atoms. The maximum atomic E-state index is 6.26. The van der Waals surface area contributed by atoms with Crippen LogP contribution in [0.3, 0.4) is 0 Å². The minimum atomic E-state index is -0.261. The fourth-order valence-electron chi connectivity index (χ4n) is 2.29. The molecular formula is C17H17Cl3. The van der Waals surface area contributed by atoms with Crippen LogP contribution in [0, 0.1) is 6.92 Å². The zero-order valence-corrected chi connectivity index (χ0v) is 13.6. The van der Waals surface area contributed by atoms with Gasteiger partial charge in [-0.25, -0.2) is 0 Å². The first-order valence-electron chi connectivity index (χ1n) is 6.53. The minimum absolute atomic E-state index is 0.261. The van der Waals surface area contributed by atoms with Crippen molar-refractivity contribution in [2.75, 3.05) is 11.8 Å². The van der Waals surface area contributed by atoms with E-state index in [1.54, 1.807) is 0 Å². The van der Waals surface area contributed by atoms with Crippen LogP contribution in [0.5, 0.6) is 0 Å². The average Bonchev–Trinajstić information content (AvgIpc) is 2.48. The van der Waals surface area contributed by atoms with E-state index in [9.17, 15) is 0 Å². The van der Waals surface area contributed by atoms with Gasteiger partial charge in [0.2, 0.25) is 0 Å². The van der Waals surface area contributed by atoms with Crippen molar-refractivity contribution in [1.82, 2.24) is 0 Å². The van der Waals surface area contributed by atoms with E-state index in [0.29, 0.717) is 11.8 Å². The Morgan fingerprint density at radius 2 is 1.40 bits per heavy atom. The Hall–Kier alpha value is -0.690. The highest BCUT2D eigenvalue weighted by atomic mass is 35.5. The van der Waals surface area contributed by atoms with E-state index >= 15 is 0 Å². The van der Waals surface area contributed by atoms with Crippen molar-refractivity contribution < 1.29 is 0 Å². The number of halogens is 3. The van der Waals surface area contributed by atoms with Gasteiger partial charge in [-0.1, -0.05) is 53.6 Å². The SMILES string of the molecule is Cc1ccc(CC(CCl)(CCl)c2ccc(Cl)cc2)cc1. The van der Waals surface area contributed by atoms with Crippen molar-refractivity contribution in [3.63, 3.8) is 0 Å². The topological polar surface area (TPSA) is 0 Å². The number of benzene rings is 2. The van der Waals surface area contributed by atoms with Crippen LogP contribution in [0.1, 0.15) is 16.7 Å². The molecule has 3 heteroatoms. The largest absolute Gasteiger partial charge is 0.126 e. The second-order valence-electron chi connectivity index (χ2n) is 5.22. The fourth-order valence-corrected chi connectivity index (χ4v) is 3.20. The van der Waals surface area contributed by atoms with E-state index in [1.807, 2.05) is 24.3 Å². The first-order chi connectivity index (χ1) is 9.59. The molecule has 0 aliphatic heterocycles. The second kappa shape index (κ2) is 6.85. The first-order valence-corrected chi connectivity index (χ1v) is 7.98. The summed E-state index contributed by atoms with van der Waals surface area (Å²) in [6.45, 7) is 2.08. The Balaban J connectivity index is 2.33. The molecule has 0 bridgehead atoms. The summed E-state index contributed by atoms with van der Waals surface area (Å²) in [6, 6.07) is 16.3. The van der Waals surface area contributed by atoms with Gasteiger partial charge in [-0.2, -0.15) is 0 Å². The van der Waals surface area contributed by atoms with Gasteiger partial charge in [0.15, 0.2) is 0 Å². The molecule has 0 unspecified atom stereocenters. The van der Waals surface area contributed by atoms with Gasteiger partial charge in [-0.15, -0.1) is 23.2 Å². The molecule has 0 heterocycles. The summed E-state index contributed by atoms with van der Waals surface area (Å²) in [7, 11) is 0. The average molecular weight is 328 g/mol. The van der Waals surface area contributed by atoms with E-state index in [4.69, 9.17) is 34.8 Å². The number of alkyl halides is 2. The van der Waals surface area contributed by atoms with Gasteiger partial charge in [0.05, 0.1) is 0 Å². The zero-order valence-electron chi connectivity index (χ0n) is 11.4. The maximum absolute atomic E-state index is 6.26. The lowest BCUT2D eigenvalue weighted by Crippen LogP contribution is -2.33. The molecule has 0 aromatic heterocycles. The van der Waals surface area contributed by atoms with Crippen LogP contribution in [-0.4, -0.2) is 11.8 Å². The third-order valence-electron chi connectivity index (χ3n) is 3.63. The van der Waals surface area contributed by atoms with Gasteiger partial charge < -0.3 is 0 Å². The predicted octanol–water partition coefficient (Wildman–Crippen LogP) is 5.61. The summed E-state index contributed by atoms with van der Waals surface area (Å²) in [5.41, 5.74) is 3.37. The third kappa shape index (κ3) is 3.49. The lowest BCUT2D eigenvalue weighted by Gasteiger charge is -2.30. The first kappa shape index (κ1) is 15.7. The van der Waals surface area contributed by atoms with Crippen molar-refractivity contribution >= 4 is 34.8 Å². The van der Waals surface area contributed by atoms with Gasteiger partial charge in [-0.3, -0.25) is 0 Å². The summed E-state index contributed by atoms with van der Waals surface area (Å²) in [5, 5.41) is 0.724. The van der Waals surface area contributed by atoms with Crippen LogP contribution < -0.4 is 0 Å². The highest BCUT2D eigenvalue weighted by Gasteiger charge is 2.31. The van der Waals surface area contributed by atoms with Gasteiger partial charge >= 0.3 is 0 Å². The molecular weight excluding hydrogens is 311 g/mol. The highest BCUT2D eigenvalue weighted by Crippen LogP contribution is 2.32. The third-order valence-corrected chi connectivity index (χ3v) is 4.91. The number of hydrogen-bond donors (Lipinski definition) is 0. The van der Waals surface area contributed by atoms with Crippen LogP contribution in [0.2, 0.25) is 5.02 Å². The van der Waals surface area contributed by atoms with E-state index in [0.717, 1.165) is 17.0 Å². The molecule has 0 radical (unpaired) electrons. The van der Waals surface area contributed by atoms with Crippen molar-refractivity contribution in [3.8, 4) is 0 Å². The van der Waals surface area contributed by atoms with Crippen LogP contribution in [-0.2, 0) is 11.8 Å². The molecule has 0 amide bonds. The van der Waals surface area contributed by atoms with Gasteiger partial charge in [0.1, 0.15) is 0 Å². The number of aryl methyl sites for hydroxylation is 1. The molecule has 106 valence electrons. The Morgan fingerprint density at radius 1 is 0.850 bits per heavy atom. The normalized spacial score (nSPS) is 11.6. The van der Waals surface area contributed by atoms with Crippen LogP contribution in [0.15, 0.2) is 48.5 Å². The van der Waals surface area contributed by atoms with Crippen molar-refractivity contribution in [3.05, 3.63) is 70.2 Å². The molecule has 2 aromatic carbocycles. The highest BCUT2D eigenvalue weighted by molar-refractivity contribution is 6.30. The molecule has 0 atom stereocenters. The van der Waals surface area contributed by atoms with Gasteiger partial charge in [0.25, 0.3) is 0 Å². The zero-order chi connectivity index (χ0) is 14.6. The molecule has 0 aliphatic rings. The van der Waals surface area contributed by atoms with Crippen molar-refractivity contribution in [1.29, 1.82) is 0 Å². The molecule has 2 aromatic rings. The van der Waals surface area contributed by atoms with E-state index in [-0.39, 0.29) is 5.41 Å². The quantitative estimate of drug-likeness (QED) is 0.626. The van der Waals surface area contributed by atoms with Crippen molar-refractivity contribution in [2.24, 2.45) is 0 Å². The Bertz CT molecular complexity index is 539. The Morgan fingerprint density at radius 3 is 1.90 bits per heavy atom. The van der Waals surface area contributed by atoms with Crippen LogP contribution >= 0.6 is 34.8 Å². The van der Waals surface area contributed by atoms with E-state index < -0.39 is 0 Å². The second-order valence-corrected chi connectivity index (χ2v) is 6.19. The van der Waals surface area contributed by atoms with Gasteiger partial charge in [-0.05, 0) is 36.6 Å². The molecule has 0 aliphatic carbocycles. The summed E-state index contributed by atoms with van der Waals surface area (Å²) in [6.07, 6.45) is 0.821. The molecule has 0 fully saturated rings. The molecule has 0 saturated heterocycles. The molecule has 0 saturated carbocycles. The summed E-state index contributed by atoms with van der Waals surface area (Å²) < 4.78 is 0. The molecule has 20 heavy (non-hydrogen) atoms. The fraction of sp³-hybridized carbons (Fsp3) is 0.294. The smallest absolute Gasteiger partial charge is 0.0406 e. The Kier molecular flexibility index (Phi) is 5.37. The summed E-state index contributed by atoms with van der Waals surface area (Å²) >= 11 is 18.5. The van der Waals surface area contributed by atoms with Crippen LogP contribution in [0.25, 0.3) is 0 Å². The van der Waals surface area contributed by atoms with E-state index in [2.05, 4.69) is 31.2 Å². The molecule has 0 nitrogen and oxygen atoms in total. The van der Waals surface area contributed by atoms with E-state index in [1.165, 1.54) is 11.1 Å². The summed E-state index contributed by atoms with van der Waals surface area (Å²) in [5.74, 6) is 0.956. The number of hydrogen-bond acceptors (Lipinski definition) is 0. The lowest BCUT2D eigenvalue weighted by molar-refractivity contribution is 0.536. The monoisotopic (exact) mass is 326 g/mol. The summed E-state index contributed by atoms with van der Waals surface area (Å²) in [4.78, 5) is 0. The van der Waals surface area contributed by atoms with Gasteiger partial charge in [0, 0.05) is 22.2 Å². The molecule has 0 N–H and O–H groups in total. The minimum Gasteiger partial charge on any atom is -0.126 e. The standard InChI is InChI=1S/C17H17Cl3/c1-13-2-4-14(5-3-13)10-17(11-18,12-19)15-6-8-16(20)9-7-15/h2-9H,10-12H2,1H3.